The molecule has 0 fully saturated rings. The molecule has 0 radical (unpaired) electrons. The maximum absolute atomic E-state index is 6.00. The summed E-state index contributed by atoms with van der Waals surface area (Å²) < 4.78 is 5.58. The van der Waals surface area contributed by atoms with Crippen LogP contribution in [0.15, 0.2) is 29.8 Å². The zero-order valence-corrected chi connectivity index (χ0v) is 13.7. The van der Waals surface area contributed by atoms with Gasteiger partial charge in [0.25, 0.3) is 0 Å². The monoisotopic (exact) mass is 305 g/mol. The number of thiazole rings is 1. The molecule has 2 aromatic rings. The Morgan fingerprint density at radius 1 is 1.43 bits per heavy atom. The summed E-state index contributed by atoms with van der Waals surface area (Å²) in [6.07, 6.45) is 0. The second-order valence-electron chi connectivity index (χ2n) is 5.03. The summed E-state index contributed by atoms with van der Waals surface area (Å²) in [5.74, 6) is 0.899. The maximum atomic E-state index is 6.00. The topological polar surface area (TPSA) is 51.4 Å². The van der Waals surface area contributed by atoms with Crippen LogP contribution in [-0.4, -0.2) is 30.1 Å². The first kappa shape index (κ1) is 15.9. The normalized spacial score (nSPS) is 12.6. The van der Waals surface area contributed by atoms with Gasteiger partial charge < -0.3 is 10.5 Å². The van der Waals surface area contributed by atoms with E-state index in [2.05, 4.69) is 29.1 Å². The average Bonchev–Trinajstić information content (AvgIpc) is 2.86. The van der Waals surface area contributed by atoms with Gasteiger partial charge in [-0.15, -0.1) is 11.3 Å². The Kier molecular flexibility index (Phi) is 5.73. The van der Waals surface area contributed by atoms with E-state index < -0.39 is 0 Å². The molecule has 1 atom stereocenters. The van der Waals surface area contributed by atoms with Gasteiger partial charge in [0.15, 0.2) is 0 Å². The number of benzene rings is 1. The summed E-state index contributed by atoms with van der Waals surface area (Å²) in [6.45, 7) is 6.15. The lowest BCUT2D eigenvalue weighted by Gasteiger charge is -2.27. The number of aromatic nitrogens is 1. The highest BCUT2D eigenvalue weighted by Crippen LogP contribution is 2.25. The van der Waals surface area contributed by atoms with Crippen LogP contribution >= 0.6 is 11.3 Å². The summed E-state index contributed by atoms with van der Waals surface area (Å²) in [4.78, 5) is 7.86. The molecule has 0 saturated heterocycles. The number of hydrogen-bond acceptors (Lipinski definition) is 5. The van der Waals surface area contributed by atoms with Crippen molar-refractivity contribution in [1.29, 1.82) is 0 Å². The van der Waals surface area contributed by atoms with Gasteiger partial charge >= 0.3 is 0 Å². The minimum Gasteiger partial charge on any atom is -0.494 e. The lowest BCUT2D eigenvalue weighted by atomic mass is 10.1. The molecule has 0 aliphatic carbocycles. The summed E-state index contributed by atoms with van der Waals surface area (Å²) in [7, 11) is 2.10. The van der Waals surface area contributed by atoms with Crippen molar-refractivity contribution in [1.82, 2.24) is 9.88 Å². The van der Waals surface area contributed by atoms with Crippen molar-refractivity contribution in [2.24, 2.45) is 5.73 Å². The number of hydrogen-bond donors (Lipinski definition) is 1. The van der Waals surface area contributed by atoms with E-state index in [1.54, 1.807) is 11.3 Å². The highest BCUT2D eigenvalue weighted by Gasteiger charge is 2.17. The van der Waals surface area contributed by atoms with Crippen LogP contribution in [0.2, 0.25) is 0 Å². The van der Waals surface area contributed by atoms with Gasteiger partial charge in [0.1, 0.15) is 5.75 Å². The Morgan fingerprint density at radius 3 is 2.86 bits per heavy atom. The Morgan fingerprint density at radius 2 is 2.24 bits per heavy atom. The number of ether oxygens (including phenoxy) is 1. The minimum absolute atomic E-state index is 0.173. The second-order valence-corrected chi connectivity index (χ2v) is 5.97. The number of nitrogens with two attached hydrogens (primary N) is 1. The van der Waals surface area contributed by atoms with E-state index in [0.717, 1.165) is 18.0 Å². The molecule has 0 aliphatic rings. The highest BCUT2D eigenvalue weighted by atomic mass is 32.1. The van der Waals surface area contributed by atoms with Crippen molar-refractivity contribution < 1.29 is 4.74 Å². The predicted molar refractivity (Wildman–Crippen MR) is 87.7 cm³/mol. The van der Waals surface area contributed by atoms with E-state index in [9.17, 15) is 0 Å². The summed E-state index contributed by atoms with van der Waals surface area (Å²) in [5, 5.41) is 0. The van der Waals surface area contributed by atoms with Crippen molar-refractivity contribution in [2.45, 2.75) is 26.4 Å². The van der Waals surface area contributed by atoms with E-state index in [1.165, 1.54) is 10.4 Å². The summed E-state index contributed by atoms with van der Waals surface area (Å²) in [6, 6.07) is 8.36. The molecule has 2 rings (SSSR count). The number of aryl methyl sites for hydroxylation is 1. The SMILES string of the molecule is CCOc1cccc(C(CN)N(C)Cc2scnc2C)c1. The standard InChI is InChI=1S/C16H23N3OS/c1-4-20-14-7-5-6-13(8-14)15(9-17)19(3)10-16-12(2)18-11-21-16/h5-8,11,15H,4,9-10,17H2,1-3H3. The average molecular weight is 305 g/mol. The molecule has 0 saturated carbocycles. The number of likely N-dealkylation sites (N-methyl/N-ethyl adjacent to an activating group) is 1. The first-order chi connectivity index (χ1) is 10.2. The highest BCUT2D eigenvalue weighted by molar-refractivity contribution is 7.09. The molecule has 5 heteroatoms. The Hall–Kier alpha value is -1.43. The van der Waals surface area contributed by atoms with E-state index in [0.29, 0.717) is 13.2 Å². The van der Waals surface area contributed by atoms with E-state index >= 15 is 0 Å². The minimum atomic E-state index is 0.173. The van der Waals surface area contributed by atoms with Crippen LogP contribution in [-0.2, 0) is 6.54 Å². The van der Waals surface area contributed by atoms with Gasteiger partial charge in [-0.25, -0.2) is 4.98 Å². The first-order valence-corrected chi connectivity index (χ1v) is 8.05. The predicted octanol–water partition coefficient (Wildman–Crippen LogP) is 2.98. The fourth-order valence-corrected chi connectivity index (χ4v) is 3.20. The Labute approximate surface area is 130 Å². The van der Waals surface area contributed by atoms with Crippen molar-refractivity contribution >= 4 is 11.3 Å². The smallest absolute Gasteiger partial charge is 0.119 e. The Balaban J connectivity index is 2.14. The van der Waals surface area contributed by atoms with Crippen LogP contribution in [0, 0.1) is 6.92 Å². The lowest BCUT2D eigenvalue weighted by molar-refractivity contribution is 0.242. The molecule has 1 heterocycles. The van der Waals surface area contributed by atoms with E-state index in [4.69, 9.17) is 10.5 Å². The number of nitrogens with zero attached hydrogens (tertiary/aromatic N) is 2. The van der Waals surface area contributed by atoms with Gasteiger partial charge in [0.2, 0.25) is 0 Å². The van der Waals surface area contributed by atoms with Crippen molar-refractivity contribution in [3.63, 3.8) is 0 Å². The third-order valence-electron chi connectivity index (χ3n) is 3.55. The van der Waals surface area contributed by atoms with Gasteiger partial charge in [0.05, 0.1) is 17.8 Å². The van der Waals surface area contributed by atoms with Gasteiger partial charge in [-0.3, -0.25) is 4.90 Å². The molecule has 1 aromatic heterocycles. The van der Waals surface area contributed by atoms with E-state index in [-0.39, 0.29) is 6.04 Å². The molecule has 21 heavy (non-hydrogen) atoms. The summed E-state index contributed by atoms with van der Waals surface area (Å²) >= 11 is 1.69. The summed E-state index contributed by atoms with van der Waals surface area (Å²) in [5.41, 5.74) is 10.2. The molecule has 4 nitrogen and oxygen atoms in total. The van der Waals surface area contributed by atoms with Crippen molar-refractivity contribution in [2.75, 3.05) is 20.2 Å². The van der Waals surface area contributed by atoms with Gasteiger partial charge in [-0.05, 0) is 38.6 Å². The van der Waals surface area contributed by atoms with Gasteiger partial charge in [-0.2, -0.15) is 0 Å². The molecule has 114 valence electrons. The molecule has 0 bridgehead atoms. The molecular formula is C16H23N3OS. The fraction of sp³-hybridized carbons (Fsp3) is 0.438. The van der Waals surface area contributed by atoms with Crippen molar-refractivity contribution in [3.8, 4) is 5.75 Å². The van der Waals surface area contributed by atoms with Gasteiger partial charge in [0, 0.05) is 24.0 Å². The molecule has 1 aromatic carbocycles. The molecule has 1 unspecified atom stereocenters. The van der Waals surface area contributed by atoms with E-state index in [1.807, 2.05) is 31.5 Å². The van der Waals surface area contributed by atoms with Crippen LogP contribution in [0.3, 0.4) is 0 Å². The van der Waals surface area contributed by atoms with Crippen LogP contribution in [0.5, 0.6) is 5.75 Å². The van der Waals surface area contributed by atoms with Crippen LogP contribution in [0.4, 0.5) is 0 Å². The molecule has 0 spiro atoms. The van der Waals surface area contributed by atoms with Crippen LogP contribution in [0.25, 0.3) is 0 Å². The second kappa shape index (κ2) is 7.54. The lowest BCUT2D eigenvalue weighted by Crippen LogP contribution is -2.30. The molecule has 0 amide bonds. The quantitative estimate of drug-likeness (QED) is 0.854. The number of rotatable bonds is 7. The first-order valence-electron chi connectivity index (χ1n) is 7.17. The van der Waals surface area contributed by atoms with Crippen LogP contribution in [0.1, 0.15) is 29.1 Å². The third-order valence-corrected chi connectivity index (χ3v) is 4.47. The molecular weight excluding hydrogens is 282 g/mol. The molecule has 2 N–H and O–H groups in total. The largest absolute Gasteiger partial charge is 0.494 e. The molecule has 0 aliphatic heterocycles. The fourth-order valence-electron chi connectivity index (χ4n) is 2.36. The zero-order chi connectivity index (χ0) is 15.2. The van der Waals surface area contributed by atoms with Crippen molar-refractivity contribution in [3.05, 3.63) is 45.9 Å². The zero-order valence-electron chi connectivity index (χ0n) is 12.9. The van der Waals surface area contributed by atoms with Crippen LogP contribution < -0.4 is 10.5 Å². The third kappa shape index (κ3) is 4.03. The maximum Gasteiger partial charge on any atom is 0.119 e. The van der Waals surface area contributed by atoms with Gasteiger partial charge in [-0.1, -0.05) is 12.1 Å². The Bertz CT molecular complexity index is 570.